The number of carboxylic acids is 1. The van der Waals surface area contributed by atoms with Crippen LogP contribution in [0.1, 0.15) is 66.9 Å². The van der Waals surface area contributed by atoms with Gasteiger partial charge in [0.25, 0.3) is 0 Å². The van der Waals surface area contributed by atoms with Crippen LogP contribution in [0.2, 0.25) is 5.02 Å². The molecular formula is C32H41ClN2O7S. The Hall–Kier alpha value is -2.37. The Morgan fingerprint density at radius 3 is 2.81 bits per heavy atom. The topological polar surface area (TPSA) is 128 Å². The number of fused-ring (bicyclic) bond motifs is 3. The number of anilines is 1. The van der Waals surface area contributed by atoms with E-state index < -0.39 is 22.1 Å². The van der Waals surface area contributed by atoms with Crippen LogP contribution in [0.3, 0.4) is 0 Å². The Balaban J connectivity index is 1.24. The lowest BCUT2D eigenvalue weighted by Gasteiger charge is -2.48. The number of nitrogens with two attached hydrogens (primary N) is 1. The molecule has 4 aliphatic rings. The molecule has 0 aromatic heterocycles. The van der Waals surface area contributed by atoms with Crippen LogP contribution in [0.5, 0.6) is 5.75 Å². The number of hydrogen-bond donors (Lipinski definition) is 2. The van der Waals surface area contributed by atoms with Crippen molar-refractivity contribution >= 4 is 33.3 Å². The summed E-state index contributed by atoms with van der Waals surface area (Å²) in [6.07, 6.45) is 6.03. The van der Waals surface area contributed by atoms with E-state index in [1.165, 1.54) is 11.1 Å². The van der Waals surface area contributed by atoms with Gasteiger partial charge in [0.2, 0.25) is 10.0 Å². The molecule has 2 aromatic rings. The molecule has 234 valence electrons. The van der Waals surface area contributed by atoms with E-state index in [2.05, 4.69) is 17.0 Å². The third-order valence-corrected chi connectivity index (χ3v) is 11.0. The van der Waals surface area contributed by atoms with Crippen molar-refractivity contribution in [1.29, 1.82) is 0 Å². The van der Waals surface area contributed by atoms with E-state index in [9.17, 15) is 18.3 Å². The highest BCUT2D eigenvalue weighted by atomic mass is 35.5. The normalized spacial score (nSPS) is 29.5. The van der Waals surface area contributed by atoms with Crippen molar-refractivity contribution in [3.05, 3.63) is 58.1 Å². The van der Waals surface area contributed by atoms with Gasteiger partial charge in [0.15, 0.2) is 0 Å². The predicted octanol–water partition coefficient (Wildman–Crippen LogP) is 4.78. The minimum Gasteiger partial charge on any atom is -0.490 e. The van der Waals surface area contributed by atoms with Gasteiger partial charge in [-0.3, -0.25) is 0 Å². The van der Waals surface area contributed by atoms with Gasteiger partial charge >= 0.3 is 5.97 Å². The SMILES string of the molecule is C[C@@H](CS(N)(=O)=O)O[C@H]1CCO[C@@H]([C@@H]2CC[C@H]2CN2C[C@@]3(CCCc4cc(Cl)ccc43)COc3ccc(C(=O)O)cc32)C1. The number of nitrogens with zero attached hydrogens (tertiary/aromatic N) is 1. The molecule has 0 bridgehead atoms. The van der Waals surface area contributed by atoms with Gasteiger partial charge in [-0.25, -0.2) is 18.4 Å². The molecule has 1 spiro atoms. The van der Waals surface area contributed by atoms with E-state index in [4.69, 9.17) is 31.0 Å². The summed E-state index contributed by atoms with van der Waals surface area (Å²) in [5, 5.41) is 15.8. The number of aryl methyl sites for hydroxylation is 1. The second-order valence-electron chi connectivity index (χ2n) is 12.9. The Morgan fingerprint density at radius 2 is 2.07 bits per heavy atom. The molecule has 2 fully saturated rings. The molecular weight excluding hydrogens is 592 g/mol. The number of benzene rings is 2. The maximum Gasteiger partial charge on any atom is 0.335 e. The number of ether oxygens (including phenoxy) is 3. The minimum atomic E-state index is -3.61. The smallest absolute Gasteiger partial charge is 0.335 e. The van der Waals surface area contributed by atoms with Gasteiger partial charge in [-0.05, 0) is 98.7 Å². The monoisotopic (exact) mass is 632 g/mol. The summed E-state index contributed by atoms with van der Waals surface area (Å²) in [4.78, 5) is 14.3. The van der Waals surface area contributed by atoms with Crippen LogP contribution >= 0.6 is 11.6 Å². The summed E-state index contributed by atoms with van der Waals surface area (Å²) >= 11 is 6.39. The summed E-state index contributed by atoms with van der Waals surface area (Å²) in [5.41, 5.74) is 3.37. The lowest BCUT2D eigenvalue weighted by Crippen LogP contribution is -2.51. The average molecular weight is 633 g/mol. The Bertz CT molecular complexity index is 1470. The lowest BCUT2D eigenvalue weighted by atomic mass is 9.67. The summed E-state index contributed by atoms with van der Waals surface area (Å²) < 4.78 is 41.9. The molecule has 0 amide bonds. The molecule has 0 radical (unpaired) electrons. The highest BCUT2D eigenvalue weighted by Gasteiger charge is 2.45. The zero-order chi connectivity index (χ0) is 30.4. The van der Waals surface area contributed by atoms with Crippen LogP contribution in [0.15, 0.2) is 36.4 Å². The molecule has 43 heavy (non-hydrogen) atoms. The number of carbonyl (C=O) groups is 1. The predicted molar refractivity (Wildman–Crippen MR) is 165 cm³/mol. The fourth-order valence-corrected chi connectivity index (χ4v) is 8.68. The molecule has 0 unspecified atom stereocenters. The quantitative estimate of drug-likeness (QED) is 0.426. The van der Waals surface area contributed by atoms with Gasteiger partial charge in [-0.15, -0.1) is 0 Å². The van der Waals surface area contributed by atoms with Crippen LogP contribution < -0.4 is 14.8 Å². The minimum absolute atomic E-state index is 0.0266. The molecule has 9 nitrogen and oxygen atoms in total. The number of halogens is 1. The molecule has 6 atom stereocenters. The lowest BCUT2D eigenvalue weighted by molar-refractivity contribution is -0.126. The van der Waals surface area contributed by atoms with Crippen molar-refractivity contribution in [2.24, 2.45) is 17.0 Å². The molecule has 2 aliphatic heterocycles. The first-order chi connectivity index (χ1) is 20.5. The van der Waals surface area contributed by atoms with E-state index >= 15 is 0 Å². The van der Waals surface area contributed by atoms with E-state index in [1.807, 2.05) is 6.07 Å². The van der Waals surface area contributed by atoms with Crippen molar-refractivity contribution in [3.8, 4) is 5.75 Å². The third kappa shape index (κ3) is 6.68. The van der Waals surface area contributed by atoms with Gasteiger partial charge in [-0.1, -0.05) is 17.7 Å². The third-order valence-electron chi connectivity index (χ3n) is 9.85. The van der Waals surface area contributed by atoms with E-state index in [-0.39, 0.29) is 28.9 Å². The molecule has 3 N–H and O–H groups in total. The van der Waals surface area contributed by atoms with Gasteiger partial charge in [0.1, 0.15) is 5.75 Å². The molecule has 11 heteroatoms. The number of primary sulfonamides is 1. The van der Waals surface area contributed by atoms with Crippen LogP contribution in [0, 0.1) is 11.8 Å². The molecule has 1 saturated carbocycles. The molecule has 2 aliphatic carbocycles. The van der Waals surface area contributed by atoms with E-state index in [0.717, 1.165) is 68.7 Å². The van der Waals surface area contributed by atoms with Gasteiger partial charge in [0.05, 0.1) is 41.9 Å². The van der Waals surface area contributed by atoms with Crippen molar-refractivity contribution in [1.82, 2.24) is 0 Å². The molecule has 1 saturated heterocycles. The molecule has 2 aromatic carbocycles. The standard InChI is InChI=1S/C32H41ClN2O7S/c1-20(17-43(34,38)39)42-25-10-12-40-30(15-25)26-7-4-23(26)16-35-18-32(11-2-3-21-13-24(33)6-8-27(21)32)19-41-29-9-5-22(31(36)37)14-28(29)35/h5-6,8-9,13-14,20,23,25-26,30H,2-4,7,10-12,15-19H2,1H3,(H,36,37)(H2,34,38,39)/t20-,23-,25-,26+,30+,32-/m0/s1. The summed E-state index contributed by atoms with van der Waals surface area (Å²) in [6, 6.07) is 11.4. The maximum absolute atomic E-state index is 12.0. The molecule has 6 rings (SSSR count). The second-order valence-corrected chi connectivity index (χ2v) is 15.0. The number of rotatable bonds is 8. The fourth-order valence-electron chi connectivity index (χ4n) is 7.75. The van der Waals surface area contributed by atoms with Crippen molar-refractivity contribution in [3.63, 3.8) is 0 Å². The van der Waals surface area contributed by atoms with Crippen LogP contribution in [0.25, 0.3) is 0 Å². The summed E-state index contributed by atoms with van der Waals surface area (Å²) in [7, 11) is -3.61. The Morgan fingerprint density at radius 1 is 1.23 bits per heavy atom. The number of carboxylic acid groups (broad SMARTS) is 1. The maximum atomic E-state index is 12.0. The Labute approximate surface area is 258 Å². The first kappa shape index (κ1) is 30.6. The fraction of sp³-hybridized carbons (Fsp3) is 0.594. The summed E-state index contributed by atoms with van der Waals surface area (Å²) in [5.74, 6) is 0.246. The first-order valence-corrected chi connectivity index (χ1v) is 17.4. The van der Waals surface area contributed by atoms with Gasteiger partial charge < -0.3 is 24.2 Å². The van der Waals surface area contributed by atoms with Crippen molar-refractivity contribution < 1.29 is 32.5 Å². The molecule has 2 heterocycles. The van der Waals surface area contributed by atoms with Crippen LogP contribution in [-0.2, 0) is 31.3 Å². The van der Waals surface area contributed by atoms with E-state index in [1.54, 1.807) is 25.1 Å². The number of aromatic carboxylic acids is 1. The zero-order valence-electron chi connectivity index (χ0n) is 24.5. The number of sulfonamides is 1. The first-order valence-electron chi connectivity index (χ1n) is 15.3. The van der Waals surface area contributed by atoms with Crippen LogP contribution in [-0.4, -0.2) is 69.9 Å². The van der Waals surface area contributed by atoms with Gasteiger partial charge in [-0.2, -0.15) is 0 Å². The highest BCUT2D eigenvalue weighted by Crippen LogP contribution is 2.47. The zero-order valence-corrected chi connectivity index (χ0v) is 26.1. The van der Waals surface area contributed by atoms with E-state index in [0.29, 0.717) is 30.8 Å². The summed E-state index contributed by atoms with van der Waals surface area (Å²) in [6.45, 7) is 4.34. The van der Waals surface area contributed by atoms with Crippen LogP contribution in [0.4, 0.5) is 5.69 Å². The largest absolute Gasteiger partial charge is 0.490 e. The number of hydrogen-bond acceptors (Lipinski definition) is 7. The van der Waals surface area contributed by atoms with Crippen molar-refractivity contribution in [2.75, 3.05) is 37.0 Å². The van der Waals surface area contributed by atoms with Crippen molar-refractivity contribution in [2.45, 2.75) is 75.6 Å². The highest BCUT2D eigenvalue weighted by molar-refractivity contribution is 7.89. The van der Waals surface area contributed by atoms with Gasteiger partial charge in [0, 0.05) is 36.6 Å². The Kier molecular flexibility index (Phi) is 8.69. The second kappa shape index (κ2) is 12.2. The average Bonchev–Trinajstić information content (AvgIpc) is 3.07.